The summed E-state index contributed by atoms with van der Waals surface area (Å²) in [6.45, 7) is 0. The van der Waals surface area contributed by atoms with Crippen LogP contribution in [0, 0.1) is 0 Å². The predicted molar refractivity (Wildman–Crippen MR) is 106 cm³/mol. The van der Waals surface area contributed by atoms with Gasteiger partial charge in [0.15, 0.2) is 5.16 Å². The first-order valence-electron chi connectivity index (χ1n) is 8.23. The standard InChI is InChI=1S/C18H10ClF6N3OS2/c19-11-4-3-9(6-10(11)17(20,21)22)26-15(29)8-31-16-27-12(13-2-1-5-30-13)7-14(28-16)18(23,24)25/h1-7H,8H2,(H,26,29). The fourth-order valence-electron chi connectivity index (χ4n) is 2.33. The zero-order valence-electron chi connectivity index (χ0n) is 15.0. The third kappa shape index (κ3) is 6.11. The van der Waals surface area contributed by atoms with Gasteiger partial charge in [-0.25, -0.2) is 9.97 Å². The molecule has 0 fully saturated rings. The number of carbonyl (C=O) groups is 1. The molecule has 2 aromatic heterocycles. The van der Waals surface area contributed by atoms with Gasteiger partial charge in [0, 0.05) is 5.69 Å². The molecule has 1 amide bonds. The Bertz CT molecular complexity index is 1090. The van der Waals surface area contributed by atoms with Crippen LogP contribution in [0.5, 0.6) is 0 Å². The molecule has 4 nitrogen and oxygen atoms in total. The summed E-state index contributed by atoms with van der Waals surface area (Å²) in [4.78, 5) is 20.1. The van der Waals surface area contributed by atoms with Crippen LogP contribution in [0.4, 0.5) is 32.0 Å². The van der Waals surface area contributed by atoms with Crippen LogP contribution >= 0.6 is 34.7 Å². The van der Waals surface area contributed by atoms with Gasteiger partial charge in [-0.15, -0.1) is 11.3 Å². The van der Waals surface area contributed by atoms with Crippen LogP contribution in [0.3, 0.4) is 0 Å². The molecule has 164 valence electrons. The summed E-state index contributed by atoms with van der Waals surface area (Å²) in [6.07, 6.45) is -9.43. The molecule has 1 N–H and O–H groups in total. The van der Waals surface area contributed by atoms with E-state index >= 15 is 0 Å². The zero-order chi connectivity index (χ0) is 22.8. The summed E-state index contributed by atoms with van der Waals surface area (Å²) in [5.74, 6) is -1.17. The topological polar surface area (TPSA) is 54.9 Å². The predicted octanol–water partition coefficient (Wildman–Crippen LogP) is 6.63. The van der Waals surface area contributed by atoms with Crippen molar-refractivity contribution in [2.24, 2.45) is 0 Å². The number of anilines is 1. The molecule has 3 rings (SSSR count). The number of aromatic nitrogens is 2. The summed E-state index contributed by atoms with van der Waals surface area (Å²) >= 11 is 7.33. The minimum Gasteiger partial charge on any atom is -0.325 e. The number of benzene rings is 1. The smallest absolute Gasteiger partial charge is 0.325 e. The molecule has 31 heavy (non-hydrogen) atoms. The van der Waals surface area contributed by atoms with E-state index in [1.165, 1.54) is 17.4 Å². The van der Waals surface area contributed by atoms with Gasteiger partial charge in [0.25, 0.3) is 0 Å². The number of nitrogens with one attached hydrogen (secondary N) is 1. The summed E-state index contributed by atoms with van der Waals surface area (Å²) in [5.41, 5.74) is -2.40. The van der Waals surface area contributed by atoms with Crippen molar-refractivity contribution in [3.63, 3.8) is 0 Å². The van der Waals surface area contributed by atoms with Gasteiger partial charge in [0.2, 0.25) is 5.91 Å². The highest BCUT2D eigenvalue weighted by atomic mass is 35.5. The van der Waals surface area contributed by atoms with Crippen molar-refractivity contribution >= 4 is 46.3 Å². The van der Waals surface area contributed by atoms with E-state index in [4.69, 9.17) is 11.6 Å². The van der Waals surface area contributed by atoms with E-state index < -0.39 is 40.3 Å². The van der Waals surface area contributed by atoms with Crippen LogP contribution in [-0.2, 0) is 17.1 Å². The van der Waals surface area contributed by atoms with Crippen molar-refractivity contribution in [3.8, 4) is 10.6 Å². The number of hydrogen-bond acceptors (Lipinski definition) is 5. The number of thiophene rings is 1. The van der Waals surface area contributed by atoms with Crippen LogP contribution in [0.1, 0.15) is 11.3 Å². The lowest BCUT2D eigenvalue weighted by molar-refractivity contribution is -0.141. The number of halogens is 7. The first-order valence-corrected chi connectivity index (χ1v) is 10.5. The van der Waals surface area contributed by atoms with E-state index in [1.807, 2.05) is 0 Å². The maximum atomic E-state index is 13.2. The second kappa shape index (κ2) is 9.05. The highest BCUT2D eigenvalue weighted by Gasteiger charge is 2.34. The Morgan fingerprint density at radius 3 is 2.42 bits per heavy atom. The third-order valence-electron chi connectivity index (χ3n) is 3.66. The van der Waals surface area contributed by atoms with Crippen LogP contribution in [0.2, 0.25) is 5.02 Å². The Morgan fingerprint density at radius 2 is 1.81 bits per heavy atom. The maximum Gasteiger partial charge on any atom is 0.433 e. The highest BCUT2D eigenvalue weighted by molar-refractivity contribution is 7.99. The Labute approximate surface area is 184 Å². The first kappa shape index (κ1) is 23.4. The van der Waals surface area contributed by atoms with Crippen LogP contribution in [0.15, 0.2) is 46.9 Å². The molecule has 13 heteroatoms. The van der Waals surface area contributed by atoms with Gasteiger partial charge in [0.05, 0.1) is 26.9 Å². The molecule has 0 unspecified atom stereocenters. The number of amides is 1. The number of nitrogens with zero attached hydrogens (tertiary/aromatic N) is 2. The normalized spacial score (nSPS) is 12.1. The van der Waals surface area contributed by atoms with E-state index in [2.05, 4.69) is 15.3 Å². The molecule has 1 aromatic carbocycles. The van der Waals surface area contributed by atoms with Gasteiger partial charge in [-0.2, -0.15) is 26.3 Å². The van der Waals surface area contributed by atoms with E-state index in [1.54, 1.807) is 17.5 Å². The van der Waals surface area contributed by atoms with Crippen molar-refractivity contribution < 1.29 is 31.1 Å². The van der Waals surface area contributed by atoms with E-state index in [0.717, 1.165) is 12.1 Å². The van der Waals surface area contributed by atoms with E-state index in [-0.39, 0.29) is 16.5 Å². The fraction of sp³-hybridized carbons (Fsp3) is 0.167. The Morgan fingerprint density at radius 1 is 1.06 bits per heavy atom. The monoisotopic (exact) mass is 497 g/mol. The Hall–Kier alpha value is -2.31. The van der Waals surface area contributed by atoms with Gasteiger partial charge in [-0.1, -0.05) is 29.4 Å². The highest BCUT2D eigenvalue weighted by Crippen LogP contribution is 2.36. The average molecular weight is 498 g/mol. The lowest BCUT2D eigenvalue weighted by Gasteiger charge is -2.12. The first-order chi connectivity index (χ1) is 14.4. The van der Waals surface area contributed by atoms with Crippen molar-refractivity contribution in [2.45, 2.75) is 17.5 Å². The Kier molecular flexibility index (Phi) is 6.82. The van der Waals surface area contributed by atoms with Crippen LogP contribution in [0.25, 0.3) is 10.6 Å². The number of hydrogen-bond donors (Lipinski definition) is 1. The third-order valence-corrected chi connectivity index (χ3v) is 5.73. The molecule has 0 atom stereocenters. The molecule has 3 aromatic rings. The molecular formula is C18H10ClF6N3OS2. The molecule has 0 bridgehead atoms. The van der Waals surface area contributed by atoms with Gasteiger partial charge in [0.1, 0.15) is 5.69 Å². The van der Waals surface area contributed by atoms with Crippen molar-refractivity contribution in [3.05, 3.63) is 58.1 Å². The fourth-order valence-corrected chi connectivity index (χ4v) is 3.90. The number of alkyl halides is 6. The lowest BCUT2D eigenvalue weighted by atomic mass is 10.2. The van der Waals surface area contributed by atoms with E-state index in [0.29, 0.717) is 22.7 Å². The molecule has 0 saturated carbocycles. The average Bonchev–Trinajstić information content (AvgIpc) is 3.21. The zero-order valence-corrected chi connectivity index (χ0v) is 17.4. The molecular weight excluding hydrogens is 488 g/mol. The molecule has 0 spiro atoms. The minimum atomic E-state index is -4.72. The van der Waals surface area contributed by atoms with Crippen molar-refractivity contribution in [1.29, 1.82) is 0 Å². The molecule has 2 heterocycles. The number of carbonyl (C=O) groups excluding carboxylic acids is 1. The van der Waals surface area contributed by atoms with Crippen LogP contribution in [-0.4, -0.2) is 21.6 Å². The minimum absolute atomic E-state index is 0.0488. The quantitative estimate of drug-likeness (QED) is 0.244. The van der Waals surface area contributed by atoms with Gasteiger partial charge < -0.3 is 5.32 Å². The second-order valence-corrected chi connectivity index (χ2v) is 8.22. The Balaban J connectivity index is 1.75. The lowest BCUT2D eigenvalue weighted by Crippen LogP contribution is -2.16. The SMILES string of the molecule is O=C(CSc1nc(-c2cccs2)cc(C(F)(F)F)n1)Nc1ccc(Cl)c(C(F)(F)F)c1. The van der Waals surface area contributed by atoms with Gasteiger partial charge >= 0.3 is 12.4 Å². The van der Waals surface area contributed by atoms with Crippen molar-refractivity contribution in [2.75, 3.05) is 11.1 Å². The largest absolute Gasteiger partial charge is 0.433 e. The van der Waals surface area contributed by atoms with Crippen molar-refractivity contribution in [1.82, 2.24) is 9.97 Å². The number of thioether (sulfide) groups is 1. The molecule has 0 aliphatic heterocycles. The van der Waals surface area contributed by atoms with E-state index in [9.17, 15) is 31.1 Å². The molecule has 0 aliphatic rings. The molecule has 0 aliphatic carbocycles. The number of rotatable bonds is 5. The van der Waals surface area contributed by atoms with Gasteiger partial charge in [-0.05, 0) is 35.7 Å². The summed E-state index contributed by atoms with van der Waals surface area (Å²) in [7, 11) is 0. The summed E-state index contributed by atoms with van der Waals surface area (Å²) in [6, 6.07) is 6.87. The second-order valence-electron chi connectivity index (χ2n) is 5.93. The van der Waals surface area contributed by atoms with Gasteiger partial charge in [-0.3, -0.25) is 4.79 Å². The van der Waals surface area contributed by atoms with Crippen LogP contribution < -0.4 is 5.32 Å². The molecule has 0 radical (unpaired) electrons. The summed E-state index contributed by atoms with van der Waals surface area (Å²) in [5, 5.41) is 3.10. The maximum absolute atomic E-state index is 13.2. The molecule has 0 saturated heterocycles. The summed E-state index contributed by atoms with van der Waals surface area (Å²) < 4.78 is 78.2.